The van der Waals surface area contributed by atoms with Crippen LogP contribution < -0.4 is 5.32 Å². The molecular weight excluding hydrogens is 456 g/mol. The van der Waals surface area contributed by atoms with Crippen molar-refractivity contribution < 1.29 is 9.59 Å². The highest BCUT2D eigenvalue weighted by Gasteiger charge is 2.22. The van der Waals surface area contributed by atoms with Crippen molar-refractivity contribution in [3.63, 3.8) is 0 Å². The van der Waals surface area contributed by atoms with Crippen LogP contribution in [0.5, 0.6) is 0 Å². The Morgan fingerprint density at radius 3 is 2.39 bits per heavy atom. The molecule has 3 aromatic carbocycles. The van der Waals surface area contributed by atoms with Gasteiger partial charge in [0, 0.05) is 27.5 Å². The van der Waals surface area contributed by atoms with Crippen LogP contribution in [0, 0.1) is 0 Å². The van der Waals surface area contributed by atoms with Crippen LogP contribution in [0.1, 0.15) is 24.2 Å². The van der Waals surface area contributed by atoms with E-state index in [0.717, 1.165) is 11.3 Å². The molecule has 0 radical (unpaired) electrons. The highest BCUT2D eigenvalue weighted by Crippen LogP contribution is 2.31. The predicted octanol–water partition coefficient (Wildman–Crippen LogP) is 5.91. The molecule has 0 bridgehead atoms. The zero-order valence-electron chi connectivity index (χ0n) is 18.0. The first-order valence-corrected chi connectivity index (χ1v) is 11.5. The summed E-state index contributed by atoms with van der Waals surface area (Å²) in [7, 11) is 0. The molecule has 0 aliphatic rings. The second-order valence-corrected chi connectivity index (χ2v) is 9.11. The zero-order chi connectivity index (χ0) is 23.4. The molecule has 6 nitrogen and oxygen atoms in total. The number of ketones is 1. The van der Waals surface area contributed by atoms with Crippen molar-refractivity contribution in [3.8, 4) is 17.1 Å². The number of rotatable bonds is 7. The van der Waals surface area contributed by atoms with E-state index in [1.54, 1.807) is 43.3 Å². The van der Waals surface area contributed by atoms with Crippen molar-refractivity contribution >= 4 is 40.7 Å². The van der Waals surface area contributed by atoms with Gasteiger partial charge >= 0.3 is 0 Å². The molecule has 0 saturated heterocycles. The van der Waals surface area contributed by atoms with Crippen LogP contribution in [0.4, 0.5) is 5.69 Å². The Bertz CT molecular complexity index is 1290. The third-order valence-corrected chi connectivity index (χ3v) is 6.23. The average Bonchev–Trinajstić information content (AvgIpc) is 3.23. The molecule has 4 rings (SSSR count). The van der Waals surface area contributed by atoms with Crippen molar-refractivity contribution in [1.82, 2.24) is 14.8 Å². The molecule has 0 saturated carbocycles. The number of hydrogen-bond acceptors (Lipinski definition) is 5. The molecule has 4 aromatic rings. The lowest BCUT2D eigenvalue weighted by Gasteiger charge is -2.14. The maximum atomic E-state index is 12.9. The summed E-state index contributed by atoms with van der Waals surface area (Å²) in [5, 5.41) is 12.4. The Kier molecular flexibility index (Phi) is 6.91. The fourth-order valence-electron chi connectivity index (χ4n) is 3.21. The molecule has 0 aliphatic carbocycles. The Morgan fingerprint density at radius 1 is 0.970 bits per heavy atom. The van der Waals surface area contributed by atoms with Crippen LogP contribution in [-0.2, 0) is 4.79 Å². The summed E-state index contributed by atoms with van der Waals surface area (Å²) in [6, 6.07) is 24.0. The van der Waals surface area contributed by atoms with Gasteiger partial charge in [0.1, 0.15) is 0 Å². The number of anilines is 1. The first kappa shape index (κ1) is 22.8. The first-order chi connectivity index (χ1) is 15.9. The Hall–Kier alpha value is -3.42. The Morgan fingerprint density at radius 2 is 1.70 bits per heavy atom. The molecule has 1 amide bonds. The third kappa shape index (κ3) is 5.32. The van der Waals surface area contributed by atoms with E-state index < -0.39 is 5.25 Å². The van der Waals surface area contributed by atoms with Crippen molar-refractivity contribution in [2.24, 2.45) is 0 Å². The van der Waals surface area contributed by atoms with E-state index in [0.29, 0.717) is 27.3 Å². The molecule has 0 unspecified atom stereocenters. The van der Waals surface area contributed by atoms with E-state index >= 15 is 0 Å². The molecule has 166 valence electrons. The SMILES string of the molecule is CC(=O)c1cccc(NC(=O)[C@@H](C)Sc2nnc(-c3ccccc3)n2-c2ccc(Cl)cc2)c1. The van der Waals surface area contributed by atoms with E-state index in [-0.39, 0.29) is 11.7 Å². The van der Waals surface area contributed by atoms with Crippen LogP contribution in [0.2, 0.25) is 5.02 Å². The minimum absolute atomic E-state index is 0.0574. The monoisotopic (exact) mass is 476 g/mol. The smallest absolute Gasteiger partial charge is 0.237 e. The van der Waals surface area contributed by atoms with E-state index in [4.69, 9.17) is 11.6 Å². The van der Waals surface area contributed by atoms with Gasteiger partial charge in [-0.15, -0.1) is 10.2 Å². The molecule has 8 heteroatoms. The number of carbonyl (C=O) groups is 2. The summed E-state index contributed by atoms with van der Waals surface area (Å²) >= 11 is 7.38. The molecule has 33 heavy (non-hydrogen) atoms. The van der Waals surface area contributed by atoms with Crippen LogP contribution >= 0.6 is 23.4 Å². The summed E-state index contributed by atoms with van der Waals surface area (Å²) in [6.45, 7) is 3.30. The summed E-state index contributed by atoms with van der Waals surface area (Å²) in [5.74, 6) is 0.410. The summed E-state index contributed by atoms with van der Waals surface area (Å²) in [6.07, 6.45) is 0. The third-order valence-electron chi connectivity index (χ3n) is 4.94. The van der Waals surface area contributed by atoms with Crippen LogP contribution in [0.3, 0.4) is 0 Å². The number of hydrogen-bond donors (Lipinski definition) is 1. The summed E-state index contributed by atoms with van der Waals surface area (Å²) < 4.78 is 1.91. The zero-order valence-corrected chi connectivity index (χ0v) is 19.6. The summed E-state index contributed by atoms with van der Waals surface area (Å²) in [4.78, 5) is 24.5. The standard InChI is InChI=1S/C25H21ClN4O2S/c1-16(31)19-9-6-10-21(15-19)27-24(32)17(2)33-25-29-28-23(18-7-4-3-5-8-18)30(25)22-13-11-20(26)12-14-22/h3-15,17H,1-2H3,(H,27,32)/t17-/m1/s1. The maximum absolute atomic E-state index is 12.9. The second kappa shape index (κ2) is 10.0. The highest BCUT2D eigenvalue weighted by atomic mass is 35.5. The molecule has 0 aliphatic heterocycles. The number of amides is 1. The van der Waals surface area contributed by atoms with E-state index in [2.05, 4.69) is 15.5 Å². The normalized spacial score (nSPS) is 11.7. The van der Waals surface area contributed by atoms with Crippen molar-refractivity contribution in [2.45, 2.75) is 24.3 Å². The first-order valence-electron chi connectivity index (χ1n) is 10.3. The van der Waals surface area contributed by atoms with Crippen molar-refractivity contribution in [3.05, 3.63) is 89.4 Å². The molecule has 1 heterocycles. The van der Waals surface area contributed by atoms with Crippen LogP contribution in [0.25, 0.3) is 17.1 Å². The summed E-state index contributed by atoms with van der Waals surface area (Å²) in [5.41, 5.74) is 2.87. The number of nitrogens with one attached hydrogen (secondary N) is 1. The van der Waals surface area contributed by atoms with Crippen LogP contribution in [0.15, 0.2) is 84.0 Å². The fraction of sp³-hybridized carbons (Fsp3) is 0.120. The van der Waals surface area contributed by atoms with Gasteiger partial charge in [0.2, 0.25) is 5.91 Å². The molecule has 1 N–H and O–H groups in total. The van der Waals surface area contributed by atoms with Crippen molar-refractivity contribution in [2.75, 3.05) is 5.32 Å². The largest absolute Gasteiger partial charge is 0.325 e. The van der Waals surface area contributed by atoms with Gasteiger partial charge in [-0.05, 0) is 50.2 Å². The highest BCUT2D eigenvalue weighted by molar-refractivity contribution is 8.00. The molecule has 0 fully saturated rings. The second-order valence-electron chi connectivity index (χ2n) is 7.37. The van der Waals surface area contributed by atoms with Crippen LogP contribution in [-0.4, -0.2) is 31.7 Å². The van der Waals surface area contributed by atoms with Gasteiger partial charge in [-0.25, -0.2) is 0 Å². The van der Waals surface area contributed by atoms with Gasteiger partial charge < -0.3 is 5.32 Å². The minimum Gasteiger partial charge on any atom is -0.325 e. The lowest BCUT2D eigenvalue weighted by molar-refractivity contribution is -0.115. The molecule has 0 spiro atoms. The van der Waals surface area contributed by atoms with E-state index in [1.165, 1.54) is 18.7 Å². The fourth-order valence-corrected chi connectivity index (χ4v) is 4.21. The molecule has 1 aromatic heterocycles. The Labute approximate surface area is 201 Å². The van der Waals surface area contributed by atoms with Crippen molar-refractivity contribution in [1.29, 1.82) is 0 Å². The lowest BCUT2D eigenvalue weighted by Crippen LogP contribution is -2.23. The number of benzene rings is 3. The number of Topliss-reactive ketones (excluding diaryl/α,β-unsaturated/α-hetero) is 1. The van der Waals surface area contributed by atoms with Gasteiger partial charge in [-0.2, -0.15) is 0 Å². The predicted molar refractivity (Wildman–Crippen MR) is 132 cm³/mol. The number of carbonyl (C=O) groups excluding carboxylic acids is 2. The average molecular weight is 477 g/mol. The molecular formula is C25H21ClN4O2S. The van der Waals surface area contributed by atoms with Gasteiger partial charge in [-0.1, -0.05) is 65.8 Å². The lowest BCUT2D eigenvalue weighted by atomic mass is 10.1. The number of halogens is 1. The minimum atomic E-state index is -0.468. The number of thioether (sulfide) groups is 1. The topological polar surface area (TPSA) is 76.9 Å². The van der Waals surface area contributed by atoms with Gasteiger partial charge in [0.25, 0.3) is 0 Å². The van der Waals surface area contributed by atoms with Gasteiger partial charge in [0.05, 0.1) is 5.25 Å². The maximum Gasteiger partial charge on any atom is 0.237 e. The van der Waals surface area contributed by atoms with E-state index in [9.17, 15) is 9.59 Å². The molecule has 1 atom stereocenters. The van der Waals surface area contributed by atoms with Gasteiger partial charge in [-0.3, -0.25) is 14.2 Å². The number of nitrogens with zero attached hydrogens (tertiary/aromatic N) is 3. The number of aromatic nitrogens is 3. The quantitative estimate of drug-likeness (QED) is 0.265. The Balaban J connectivity index is 1.61. The van der Waals surface area contributed by atoms with E-state index in [1.807, 2.05) is 47.0 Å². The van der Waals surface area contributed by atoms with Gasteiger partial charge in [0.15, 0.2) is 16.8 Å².